The Morgan fingerprint density at radius 3 is 2.44 bits per heavy atom. The fourth-order valence-corrected chi connectivity index (χ4v) is 3.56. The van der Waals surface area contributed by atoms with E-state index in [-0.39, 0.29) is 5.56 Å². The molecule has 7 nitrogen and oxygen atoms in total. The molecule has 0 saturated heterocycles. The predicted octanol–water partition coefficient (Wildman–Crippen LogP) is 3.05. The Bertz CT molecular complexity index is 1190. The number of ether oxygens (including phenoxy) is 1. The third-order valence-electron chi connectivity index (χ3n) is 4.82. The van der Waals surface area contributed by atoms with Crippen molar-refractivity contribution in [1.82, 2.24) is 24.1 Å². The Morgan fingerprint density at radius 1 is 1.00 bits per heavy atom. The van der Waals surface area contributed by atoms with Crippen molar-refractivity contribution in [3.8, 4) is 0 Å². The van der Waals surface area contributed by atoms with Crippen LogP contribution in [0.3, 0.4) is 0 Å². The van der Waals surface area contributed by atoms with Crippen LogP contribution in [0.2, 0.25) is 0 Å². The number of aryl methyl sites for hydroxylation is 2. The second-order valence-corrected chi connectivity index (χ2v) is 6.70. The van der Waals surface area contributed by atoms with Gasteiger partial charge in [0.15, 0.2) is 11.3 Å². The van der Waals surface area contributed by atoms with Gasteiger partial charge in [0.2, 0.25) is 0 Å². The van der Waals surface area contributed by atoms with Crippen molar-refractivity contribution in [2.24, 2.45) is 0 Å². The summed E-state index contributed by atoms with van der Waals surface area (Å²) < 4.78 is 8.94. The van der Waals surface area contributed by atoms with E-state index >= 15 is 0 Å². The lowest BCUT2D eigenvalue weighted by molar-refractivity contribution is 0.191. The lowest BCUT2D eigenvalue weighted by Crippen LogP contribution is -2.24. The Morgan fingerprint density at radius 2 is 1.74 bits per heavy atom. The molecule has 0 atom stereocenters. The van der Waals surface area contributed by atoms with Crippen LogP contribution in [0, 0.1) is 6.92 Å². The normalized spacial score (nSPS) is 11.8. The van der Waals surface area contributed by atoms with Crippen LogP contribution in [0.5, 0.6) is 0 Å². The van der Waals surface area contributed by atoms with E-state index in [0.29, 0.717) is 41.9 Å². The fraction of sp³-hybridized carbons (Fsp3) is 0.400. The smallest absolute Gasteiger partial charge is 0.265 e. The molecule has 3 aromatic heterocycles. The molecule has 3 heterocycles. The van der Waals surface area contributed by atoms with E-state index in [1.165, 1.54) is 0 Å². The topological polar surface area (TPSA) is 74.8 Å². The molecular weight excluding hydrogens is 342 g/mol. The zero-order valence-corrected chi connectivity index (χ0v) is 15.9. The summed E-state index contributed by atoms with van der Waals surface area (Å²) in [5.74, 6) is 0.717. The first kappa shape index (κ1) is 17.6. The van der Waals surface area contributed by atoms with Gasteiger partial charge >= 0.3 is 0 Å². The maximum Gasteiger partial charge on any atom is 0.265 e. The molecule has 0 aliphatic heterocycles. The summed E-state index contributed by atoms with van der Waals surface area (Å²) in [7, 11) is 1.69. The Kier molecular flexibility index (Phi) is 4.61. The minimum Gasteiger partial charge on any atom is -0.385 e. The van der Waals surface area contributed by atoms with Gasteiger partial charge in [-0.05, 0) is 31.9 Å². The van der Waals surface area contributed by atoms with Crippen molar-refractivity contribution in [2.75, 3.05) is 13.7 Å². The van der Waals surface area contributed by atoms with E-state index in [1.807, 2.05) is 35.8 Å². The van der Waals surface area contributed by atoms with Crippen LogP contribution in [0.15, 0.2) is 29.1 Å². The number of nitrogens with zero attached hydrogens (tertiary/aromatic N) is 5. The molecule has 0 N–H and O–H groups in total. The van der Waals surface area contributed by atoms with Gasteiger partial charge in [-0.3, -0.25) is 9.36 Å². The molecular formula is C20H23N5O2. The van der Waals surface area contributed by atoms with Crippen molar-refractivity contribution < 1.29 is 4.74 Å². The first-order valence-corrected chi connectivity index (χ1v) is 9.30. The molecule has 4 aromatic rings. The van der Waals surface area contributed by atoms with Gasteiger partial charge in [-0.15, -0.1) is 0 Å². The highest BCUT2D eigenvalue weighted by Gasteiger charge is 2.20. The van der Waals surface area contributed by atoms with Crippen molar-refractivity contribution >= 4 is 33.2 Å². The highest BCUT2D eigenvalue weighted by molar-refractivity contribution is 6.04. The molecule has 0 aliphatic rings. The molecule has 7 heteroatoms. The Balaban J connectivity index is 2.10. The molecule has 0 bridgehead atoms. The van der Waals surface area contributed by atoms with Crippen LogP contribution in [0.1, 0.15) is 25.6 Å². The number of hydrogen-bond acceptors (Lipinski definition) is 5. The number of benzene rings is 1. The molecule has 0 fully saturated rings. The van der Waals surface area contributed by atoms with Crippen molar-refractivity contribution in [1.29, 1.82) is 0 Å². The average Bonchev–Trinajstić information content (AvgIpc) is 2.96. The van der Waals surface area contributed by atoms with Gasteiger partial charge < -0.3 is 9.30 Å². The number of methoxy groups -OCH3 is 1. The third kappa shape index (κ3) is 2.88. The van der Waals surface area contributed by atoms with E-state index in [0.717, 1.165) is 29.7 Å². The molecule has 27 heavy (non-hydrogen) atoms. The zero-order chi connectivity index (χ0) is 19.0. The quantitative estimate of drug-likeness (QED) is 0.491. The average molecular weight is 365 g/mol. The fourth-order valence-electron chi connectivity index (χ4n) is 3.56. The molecule has 140 valence electrons. The van der Waals surface area contributed by atoms with E-state index in [9.17, 15) is 4.79 Å². The first-order valence-electron chi connectivity index (χ1n) is 9.30. The molecule has 0 saturated carbocycles. The second kappa shape index (κ2) is 7.08. The summed E-state index contributed by atoms with van der Waals surface area (Å²) >= 11 is 0. The molecule has 0 spiro atoms. The van der Waals surface area contributed by atoms with Crippen molar-refractivity contribution in [3.63, 3.8) is 0 Å². The maximum absolute atomic E-state index is 13.2. The van der Waals surface area contributed by atoms with Gasteiger partial charge in [0.25, 0.3) is 5.56 Å². The van der Waals surface area contributed by atoms with Gasteiger partial charge in [0.05, 0.1) is 11.0 Å². The van der Waals surface area contributed by atoms with Crippen LogP contribution in [-0.4, -0.2) is 37.8 Å². The summed E-state index contributed by atoms with van der Waals surface area (Å²) in [6.45, 7) is 5.88. The summed E-state index contributed by atoms with van der Waals surface area (Å²) in [6.07, 6.45) is 1.68. The van der Waals surface area contributed by atoms with Crippen LogP contribution in [0.25, 0.3) is 33.2 Å². The van der Waals surface area contributed by atoms with Gasteiger partial charge in [0.1, 0.15) is 16.7 Å². The molecule has 4 rings (SSSR count). The number of aromatic nitrogens is 5. The number of rotatable bonds is 6. The first-order chi connectivity index (χ1) is 13.2. The standard InChI is InChI=1S/C20H23N5O2/c1-4-10-24-13(2)21-18-16(20(24)26)17-19(25(18)11-7-12-27-3)23-15-9-6-5-8-14(15)22-17/h5-6,8-9H,4,7,10-12H2,1-3H3. The maximum atomic E-state index is 13.2. The Labute approximate surface area is 156 Å². The molecule has 0 radical (unpaired) electrons. The van der Waals surface area contributed by atoms with Crippen LogP contribution >= 0.6 is 0 Å². The molecule has 0 amide bonds. The Hall–Kier alpha value is -2.80. The van der Waals surface area contributed by atoms with Gasteiger partial charge in [-0.25, -0.2) is 15.0 Å². The van der Waals surface area contributed by atoms with E-state index < -0.39 is 0 Å². The molecule has 0 aliphatic carbocycles. The van der Waals surface area contributed by atoms with Crippen LogP contribution < -0.4 is 5.56 Å². The molecule has 0 unspecified atom stereocenters. The largest absolute Gasteiger partial charge is 0.385 e. The summed E-state index contributed by atoms with van der Waals surface area (Å²) in [4.78, 5) is 27.6. The minimum atomic E-state index is -0.0422. The minimum absolute atomic E-state index is 0.0422. The highest BCUT2D eigenvalue weighted by Crippen LogP contribution is 2.25. The van der Waals surface area contributed by atoms with Crippen LogP contribution in [0.4, 0.5) is 0 Å². The van der Waals surface area contributed by atoms with E-state index in [2.05, 4.69) is 6.92 Å². The van der Waals surface area contributed by atoms with Gasteiger partial charge in [-0.2, -0.15) is 0 Å². The monoisotopic (exact) mass is 365 g/mol. The zero-order valence-electron chi connectivity index (χ0n) is 15.9. The van der Waals surface area contributed by atoms with Crippen molar-refractivity contribution in [2.45, 2.75) is 39.8 Å². The lowest BCUT2D eigenvalue weighted by Gasteiger charge is -2.09. The summed E-state index contributed by atoms with van der Waals surface area (Å²) in [6, 6.07) is 7.73. The molecule has 1 aromatic carbocycles. The number of para-hydroxylation sites is 2. The SMILES string of the molecule is CCCn1c(C)nc2c(c1=O)c1nc3ccccc3nc1n2CCCOC. The van der Waals surface area contributed by atoms with Crippen LogP contribution in [-0.2, 0) is 17.8 Å². The summed E-state index contributed by atoms with van der Waals surface area (Å²) in [5.41, 5.74) is 3.54. The van der Waals surface area contributed by atoms with E-state index in [1.54, 1.807) is 11.7 Å². The van der Waals surface area contributed by atoms with E-state index in [4.69, 9.17) is 19.7 Å². The second-order valence-electron chi connectivity index (χ2n) is 6.70. The highest BCUT2D eigenvalue weighted by atomic mass is 16.5. The lowest BCUT2D eigenvalue weighted by atomic mass is 10.3. The van der Waals surface area contributed by atoms with Crippen molar-refractivity contribution in [3.05, 3.63) is 40.4 Å². The third-order valence-corrected chi connectivity index (χ3v) is 4.82. The van der Waals surface area contributed by atoms with Gasteiger partial charge in [-0.1, -0.05) is 19.1 Å². The number of fused-ring (bicyclic) bond motifs is 4. The number of hydrogen-bond donors (Lipinski definition) is 0. The summed E-state index contributed by atoms with van der Waals surface area (Å²) in [5, 5.41) is 0.555. The van der Waals surface area contributed by atoms with Gasteiger partial charge in [0, 0.05) is 26.8 Å². The predicted molar refractivity (Wildman–Crippen MR) is 106 cm³/mol.